The number of rotatable bonds is 4. The van der Waals surface area contributed by atoms with Gasteiger partial charge in [0.1, 0.15) is 0 Å². The van der Waals surface area contributed by atoms with Crippen LogP contribution in [0.1, 0.15) is 20.7 Å². The van der Waals surface area contributed by atoms with Gasteiger partial charge in [0.05, 0.1) is 15.1 Å². The van der Waals surface area contributed by atoms with Crippen LogP contribution in [0, 0.1) is 10.1 Å². The maximum atomic E-state index is 12.2. The van der Waals surface area contributed by atoms with Gasteiger partial charge in [0, 0.05) is 30.3 Å². The third-order valence-electron chi connectivity index (χ3n) is 3.44. The molecule has 0 unspecified atom stereocenters. The molecule has 3 aromatic rings. The monoisotopic (exact) mass is 356 g/mol. The number of fused-ring (bicyclic) bond motifs is 1. The van der Waals surface area contributed by atoms with Gasteiger partial charge in [-0.25, -0.2) is 4.98 Å². The fraction of sp³-hybridized carbons (Fsp3) is 0.0625. The number of nitro groups is 1. The van der Waals surface area contributed by atoms with Gasteiger partial charge in [0.25, 0.3) is 17.5 Å². The molecule has 1 heterocycles. The van der Waals surface area contributed by atoms with Crippen LogP contribution in [0.5, 0.6) is 0 Å². The summed E-state index contributed by atoms with van der Waals surface area (Å²) >= 11 is 1.24. The predicted octanol–water partition coefficient (Wildman–Crippen LogP) is 2.82. The number of thiazole rings is 1. The fourth-order valence-electron chi connectivity index (χ4n) is 2.17. The second-order valence-electron chi connectivity index (χ2n) is 5.04. The average Bonchev–Trinajstić information content (AvgIpc) is 3.02. The van der Waals surface area contributed by atoms with E-state index in [1.165, 1.54) is 35.6 Å². The number of nitrogens with zero attached hydrogens (tertiary/aromatic N) is 2. The lowest BCUT2D eigenvalue weighted by Crippen LogP contribution is -2.17. The number of carbonyl (C=O) groups excluding carboxylic acids is 2. The summed E-state index contributed by atoms with van der Waals surface area (Å²) in [7, 11) is 1.55. The van der Waals surface area contributed by atoms with E-state index in [2.05, 4.69) is 15.6 Å². The smallest absolute Gasteiger partial charge is 0.269 e. The lowest BCUT2D eigenvalue weighted by Gasteiger charge is -2.00. The standard InChI is InChI=1S/C16H12N4O4S/c1-17-14(21)10-4-7-12-13(8-10)25-16(18-12)19-15(22)9-2-5-11(6-3-9)20(23)24/h2-8H,1H3,(H,17,21)(H,18,19,22). The molecule has 0 radical (unpaired) electrons. The Morgan fingerprint density at radius 2 is 1.76 bits per heavy atom. The van der Waals surface area contributed by atoms with E-state index in [-0.39, 0.29) is 17.2 Å². The molecule has 0 saturated carbocycles. The minimum Gasteiger partial charge on any atom is -0.355 e. The predicted molar refractivity (Wildman–Crippen MR) is 94.1 cm³/mol. The number of nitro benzene ring substituents is 1. The SMILES string of the molecule is CNC(=O)c1ccc2nc(NC(=O)c3ccc([N+](=O)[O-])cc3)sc2c1. The van der Waals surface area contributed by atoms with Crippen LogP contribution in [-0.4, -0.2) is 28.8 Å². The number of non-ortho nitro benzene ring substituents is 1. The molecule has 1 aromatic heterocycles. The van der Waals surface area contributed by atoms with Gasteiger partial charge in [-0.3, -0.25) is 25.0 Å². The van der Waals surface area contributed by atoms with E-state index in [1.54, 1.807) is 25.2 Å². The van der Waals surface area contributed by atoms with Gasteiger partial charge >= 0.3 is 0 Å². The first-order valence-electron chi connectivity index (χ1n) is 7.16. The maximum Gasteiger partial charge on any atom is 0.269 e. The summed E-state index contributed by atoms with van der Waals surface area (Å²) in [6, 6.07) is 10.4. The maximum absolute atomic E-state index is 12.2. The largest absolute Gasteiger partial charge is 0.355 e. The van der Waals surface area contributed by atoms with Gasteiger partial charge in [0.15, 0.2) is 5.13 Å². The molecule has 126 valence electrons. The lowest BCUT2D eigenvalue weighted by atomic mass is 10.2. The van der Waals surface area contributed by atoms with Crippen molar-refractivity contribution in [2.24, 2.45) is 0 Å². The highest BCUT2D eigenvalue weighted by Crippen LogP contribution is 2.27. The Balaban J connectivity index is 1.81. The summed E-state index contributed by atoms with van der Waals surface area (Å²) in [5.41, 5.74) is 1.37. The van der Waals surface area contributed by atoms with Crippen LogP contribution in [-0.2, 0) is 0 Å². The molecule has 0 saturated heterocycles. The van der Waals surface area contributed by atoms with Crippen molar-refractivity contribution in [1.82, 2.24) is 10.3 Å². The topological polar surface area (TPSA) is 114 Å². The molecule has 0 fully saturated rings. The number of amides is 2. The zero-order valence-corrected chi connectivity index (χ0v) is 13.8. The highest BCUT2D eigenvalue weighted by atomic mass is 32.1. The summed E-state index contributed by atoms with van der Waals surface area (Å²) in [5, 5.41) is 16.2. The Hall–Kier alpha value is -3.33. The molecule has 3 rings (SSSR count). The molecule has 2 aromatic carbocycles. The molecule has 0 aliphatic carbocycles. The Bertz CT molecular complexity index is 981. The van der Waals surface area contributed by atoms with Crippen LogP contribution in [0.25, 0.3) is 10.2 Å². The third-order valence-corrected chi connectivity index (χ3v) is 4.37. The first-order valence-corrected chi connectivity index (χ1v) is 7.98. The molecule has 0 aliphatic rings. The molecule has 0 atom stereocenters. The summed E-state index contributed by atoms with van der Waals surface area (Å²) in [6.07, 6.45) is 0. The van der Waals surface area contributed by atoms with Crippen LogP contribution in [0.3, 0.4) is 0 Å². The van der Waals surface area contributed by atoms with E-state index in [4.69, 9.17) is 0 Å². The molecule has 0 aliphatic heterocycles. The Morgan fingerprint density at radius 1 is 1.08 bits per heavy atom. The number of benzene rings is 2. The molecule has 0 spiro atoms. The first kappa shape index (κ1) is 16.5. The van der Waals surface area contributed by atoms with E-state index in [0.29, 0.717) is 16.2 Å². The minimum absolute atomic E-state index is 0.0849. The Kier molecular flexibility index (Phi) is 4.40. The number of anilines is 1. The van der Waals surface area contributed by atoms with Crippen molar-refractivity contribution < 1.29 is 14.5 Å². The van der Waals surface area contributed by atoms with Crippen LogP contribution < -0.4 is 10.6 Å². The van der Waals surface area contributed by atoms with Gasteiger partial charge in [-0.15, -0.1) is 0 Å². The summed E-state index contributed by atoms with van der Waals surface area (Å²) in [4.78, 5) is 38.3. The van der Waals surface area contributed by atoms with E-state index in [1.807, 2.05) is 0 Å². The summed E-state index contributed by atoms with van der Waals surface area (Å²) in [5.74, 6) is -0.618. The molecule has 2 amide bonds. The minimum atomic E-state index is -0.529. The molecule has 2 N–H and O–H groups in total. The zero-order chi connectivity index (χ0) is 18.0. The second-order valence-corrected chi connectivity index (χ2v) is 6.07. The molecule has 0 bridgehead atoms. The quantitative estimate of drug-likeness (QED) is 0.551. The van der Waals surface area contributed by atoms with Crippen LogP contribution in [0.4, 0.5) is 10.8 Å². The molecular weight excluding hydrogens is 344 g/mol. The molecule has 25 heavy (non-hydrogen) atoms. The van der Waals surface area contributed by atoms with Gasteiger partial charge in [0.2, 0.25) is 0 Å². The Labute approximate surface area is 145 Å². The third kappa shape index (κ3) is 3.45. The molecular formula is C16H12N4O4S. The number of aromatic nitrogens is 1. The van der Waals surface area contributed by atoms with E-state index < -0.39 is 10.8 Å². The van der Waals surface area contributed by atoms with Crippen LogP contribution in [0.2, 0.25) is 0 Å². The van der Waals surface area contributed by atoms with Crippen LogP contribution >= 0.6 is 11.3 Å². The van der Waals surface area contributed by atoms with Gasteiger partial charge < -0.3 is 5.32 Å². The second kappa shape index (κ2) is 6.65. The Morgan fingerprint density at radius 3 is 2.40 bits per heavy atom. The van der Waals surface area contributed by atoms with Crippen molar-refractivity contribution in [3.05, 3.63) is 63.7 Å². The first-order chi connectivity index (χ1) is 12.0. The molecule has 8 nitrogen and oxygen atoms in total. The number of nitrogens with one attached hydrogen (secondary N) is 2. The van der Waals surface area contributed by atoms with Crippen molar-refractivity contribution >= 4 is 44.2 Å². The summed E-state index contributed by atoms with van der Waals surface area (Å²) in [6.45, 7) is 0. The van der Waals surface area contributed by atoms with E-state index in [0.717, 1.165) is 4.70 Å². The average molecular weight is 356 g/mol. The summed E-state index contributed by atoms with van der Waals surface area (Å²) < 4.78 is 0.764. The fourth-order valence-corrected chi connectivity index (χ4v) is 3.07. The van der Waals surface area contributed by atoms with Crippen molar-refractivity contribution in [3.8, 4) is 0 Å². The van der Waals surface area contributed by atoms with Crippen molar-refractivity contribution in [2.45, 2.75) is 0 Å². The van der Waals surface area contributed by atoms with Gasteiger partial charge in [-0.2, -0.15) is 0 Å². The lowest BCUT2D eigenvalue weighted by molar-refractivity contribution is -0.384. The van der Waals surface area contributed by atoms with Gasteiger partial charge in [-0.1, -0.05) is 11.3 Å². The van der Waals surface area contributed by atoms with Crippen molar-refractivity contribution in [1.29, 1.82) is 0 Å². The van der Waals surface area contributed by atoms with E-state index >= 15 is 0 Å². The normalized spacial score (nSPS) is 10.4. The number of hydrogen-bond donors (Lipinski definition) is 2. The highest BCUT2D eigenvalue weighted by molar-refractivity contribution is 7.22. The van der Waals surface area contributed by atoms with Crippen molar-refractivity contribution in [3.63, 3.8) is 0 Å². The number of carbonyl (C=O) groups is 2. The zero-order valence-electron chi connectivity index (χ0n) is 13.0. The van der Waals surface area contributed by atoms with Crippen molar-refractivity contribution in [2.75, 3.05) is 12.4 Å². The number of hydrogen-bond acceptors (Lipinski definition) is 6. The highest BCUT2D eigenvalue weighted by Gasteiger charge is 2.13. The molecule has 9 heteroatoms. The van der Waals surface area contributed by atoms with Crippen LogP contribution in [0.15, 0.2) is 42.5 Å². The van der Waals surface area contributed by atoms with Gasteiger partial charge in [-0.05, 0) is 30.3 Å². The van der Waals surface area contributed by atoms with E-state index in [9.17, 15) is 19.7 Å².